The highest BCUT2D eigenvalue weighted by atomic mass is 15.1. The summed E-state index contributed by atoms with van der Waals surface area (Å²) in [7, 11) is 0. The maximum Gasteiger partial charge on any atom is 0.0366 e. The molecule has 0 amide bonds. The largest absolute Gasteiger partial charge is 0.372 e. The first-order chi connectivity index (χ1) is 28.6. The molecule has 0 N–H and O–H groups in total. The molecule has 0 heterocycles. The molecule has 4 aromatic carbocycles. The molecule has 2 nitrogen and oxygen atoms in total. The lowest BCUT2D eigenvalue weighted by Crippen LogP contribution is -2.25. The highest BCUT2D eigenvalue weighted by Crippen LogP contribution is 2.26. The number of hydrogen-bond acceptors (Lipinski definition) is 2. The van der Waals surface area contributed by atoms with Gasteiger partial charge in [-0.25, -0.2) is 0 Å². The minimum absolute atomic E-state index is 1.04. The van der Waals surface area contributed by atoms with Gasteiger partial charge in [0.2, 0.25) is 0 Å². The van der Waals surface area contributed by atoms with Gasteiger partial charge in [0, 0.05) is 37.6 Å². The van der Waals surface area contributed by atoms with Crippen LogP contribution in [0.25, 0.3) is 24.3 Å². The summed E-state index contributed by atoms with van der Waals surface area (Å²) in [5, 5.41) is 0. The van der Waals surface area contributed by atoms with Crippen LogP contribution in [0.2, 0.25) is 0 Å². The first kappa shape index (κ1) is 45.1. The van der Waals surface area contributed by atoms with Crippen LogP contribution in [0.5, 0.6) is 0 Å². The number of anilines is 2. The summed E-state index contributed by atoms with van der Waals surface area (Å²) in [6.45, 7) is 13.9. The van der Waals surface area contributed by atoms with Gasteiger partial charge in [-0.05, 0) is 120 Å². The van der Waals surface area contributed by atoms with Crippen LogP contribution in [0.15, 0.2) is 84.9 Å². The molecule has 0 spiro atoms. The summed E-state index contributed by atoms with van der Waals surface area (Å²) >= 11 is 0. The van der Waals surface area contributed by atoms with Gasteiger partial charge in [0.1, 0.15) is 0 Å². The zero-order valence-electron chi connectivity index (χ0n) is 37.3. The van der Waals surface area contributed by atoms with E-state index >= 15 is 0 Å². The van der Waals surface area contributed by atoms with Gasteiger partial charge >= 0.3 is 0 Å². The van der Waals surface area contributed by atoms with E-state index < -0.39 is 0 Å². The normalized spacial score (nSPS) is 12.8. The number of unbranched alkanes of at least 4 members (excludes halogenated alkanes) is 12. The molecule has 0 fully saturated rings. The monoisotopic (exact) mass is 779 g/mol. The third kappa shape index (κ3) is 15.3. The van der Waals surface area contributed by atoms with Gasteiger partial charge in [-0.3, -0.25) is 0 Å². The number of hydrogen-bond donors (Lipinski definition) is 0. The zero-order valence-corrected chi connectivity index (χ0v) is 37.3. The fourth-order valence-electron chi connectivity index (χ4n) is 8.55. The minimum atomic E-state index is 1.04. The van der Waals surface area contributed by atoms with Gasteiger partial charge < -0.3 is 9.80 Å². The minimum Gasteiger partial charge on any atom is -0.372 e. The quantitative estimate of drug-likeness (QED) is 0.0463. The molecule has 0 atom stereocenters. The van der Waals surface area contributed by atoms with Gasteiger partial charge in [0.25, 0.3) is 0 Å². The van der Waals surface area contributed by atoms with Crippen molar-refractivity contribution in [3.05, 3.63) is 129 Å². The Hall–Kier alpha value is -4.04. The van der Waals surface area contributed by atoms with E-state index in [2.05, 4.69) is 147 Å². The average molecular weight is 779 g/mol. The number of rotatable bonds is 26. The summed E-state index contributed by atoms with van der Waals surface area (Å²) in [6, 6.07) is 33.1. The van der Waals surface area contributed by atoms with Crippen molar-refractivity contribution < 1.29 is 0 Å². The Bertz CT molecular complexity index is 1620. The highest BCUT2D eigenvalue weighted by molar-refractivity contribution is 5.74. The van der Waals surface area contributed by atoms with Gasteiger partial charge in [0.15, 0.2) is 0 Å². The van der Waals surface area contributed by atoms with Crippen molar-refractivity contribution in [1.82, 2.24) is 0 Å². The SMILES string of the molecule is CCCCCCN(CCCCCC)c1ccc(/C=C/c2cc3ccc2CCc2ccc(c(/C=C/c4ccc(N(CCCCCC)CCCCCC)cc4)c2)CC3)cc1. The van der Waals surface area contributed by atoms with E-state index in [-0.39, 0.29) is 0 Å². The summed E-state index contributed by atoms with van der Waals surface area (Å²) in [5.74, 6) is 0. The van der Waals surface area contributed by atoms with Crippen LogP contribution in [0.4, 0.5) is 11.4 Å². The summed E-state index contributed by atoms with van der Waals surface area (Å²) in [5.41, 5.74) is 13.8. The van der Waals surface area contributed by atoms with Gasteiger partial charge in [-0.2, -0.15) is 0 Å². The van der Waals surface area contributed by atoms with E-state index in [9.17, 15) is 0 Å². The van der Waals surface area contributed by atoms with E-state index in [1.54, 1.807) is 0 Å². The van der Waals surface area contributed by atoms with Crippen molar-refractivity contribution in [2.24, 2.45) is 0 Å². The van der Waals surface area contributed by atoms with Crippen molar-refractivity contribution in [2.75, 3.05) is 36.0 Å². The van der Waals surface area contributed by atoms with Gasteiger partial charge in [-0.1, -0.05) is 190 Å². The first-order valence-corrected chi connectivity index (χ1v) is 23.9. The molecule has 0 saturated carbocycles. The molecule has 0 unspecified atom stereocenters. The van der Waals surface area contributed by atoms with Crippen molar-refractivity contribution in [1.29, 1.82) is 0 Å². The van der Waals surface area contributed by atoms with Crippen LogP contribution in [0, 0.1) is 0 Å². The summed E-state index contributed by atoms with van der Waals surface area (Å²) < 4.78 is 0. The Kier molecular flexibility index (Phi) is 20.3. The van der Waals surface area contributed by atoms with Crippen LogP contribution in [0.3, 0.4) is 0 Å². The molecular weight excluding hydrogens is 701 g/mol. The lowest BCUT2D eigenvalue weighted by Gasteiger charge is -2.25. The Balaban J connectivity index is 1.23. The fourth-order valence-corrected chi connectivity index (χ4v) is 8.55. The van der Waals surface area contributed by atoms with Gasteiger partial charge in [0.05, 0.1) is 0 Å². The third-order valence-corrected chi connectivity index (χ3v) is 12.3. The van der Waals surface area contributed by atoms with Crippen LogP contribution in [-0.4, -0.2) is 26.2 Å². The average Bonchev–Trinajstić information content (AvgIpc) is 3.25. The van der Waals surface area contributed by atoms with Crippen molar-refractivity contribution >= 4 is 35.7 Å². The lowest BCUT2D eigenvalue weighted by molar-refractivity contribution is 0.609. The molecule has 4 aromatic rings. The van der Waals surface area contributed by atoms with Crippen LogP contribution in [0.1, 0.15) is 175 Å². The standard InChI is InChI=1S/C56H78N2/c1-5-9-13-17-41-57(42-18-14-10-6-2)55-37-27-47(28-38-55)21-35-53-45-49-23-31-51(53)33-25-50-24-32-52(34-26-49)54(46-50)36-22-48-29-39-56(40-30-48)58(43-19-15-11-7-3)44-20-16-12-8-4/h21-24,27-32,35-40,45-46H,5-20,25-26,33-34,41-44H2,1-4H3/b35-21+,36-22+. The Morgan fingerprint density at radius 1 is 0.362 bits per heavy atom. The second-order valence-electron chi connectivity index (χ2n) is 17.1. The summed E-state index contributed by atoms with van der Waals surface area (Å²) in [4.78, 5) is 5.27. The Morgan fingerprint density at radius 2 is 0.707 bits per heavy atom. The Morgan fingerprint density at radius 3 is 1.03 bits per heavy atom. The molecule has 0 saturated heterocycles. The predicted octanol–water partition coefficient (Wildman–Crippen LogP) is 15.8. The predicted molar refractivity (Wildman–Crippen MR) is 259 cm³/mol. The van der Waals surface area contributed by atoms with E-state index in [0.29, 0.717) is 0 Å². The molecule has 0 aromatic heterocycles. The molecule has 2 heteroatoms. The van der Waals surface area contributed by atoms with Crippen LogP contribution < -0.4 is 9.80 Å². The molecule has 312 valence electrons. The van der Waals surface area contributed by atoms with Crippen molar-refractivity contribution in [2.45, 2.75) is 156 Å². The van der Waals surface area contributed by atoms with Crippen molar-refractivity contribution in [3.63, 3.8) is 0 Å². The fraction of sp³-hybridized carbons (Fsp3) is 0.500. The molecule has 4 aliphatic carbocycles. The van der Waals surface area contributed by atoms with E-state index in [0.717, 1.165) is 25.7 Å². The zero-order chi connectivity index (χ0) is 40.6. The maximum absolute atomic E-state index is 2.63. The molecule has 4 bridgehead atoms. The van der Waals surface area contributed by atoms with E-state index in [1.165, 1.54) is 185 Å². The molecule has 0 aliphatic heterocycles. The van der Waals surface area contributed by atoms with Crippen LogP contribution in [-0.2, 0) is 25.7 Å². The number of nitrogens with zero attached hydrogens (tertiary/aromatic N) is 2. The topological polar surface area (TPSA) is 6.48 Å². The Labute approximate surface area is 355 Å². The lowest BCUT2D eigenvalue weighted by atomic mass is 9.90. The maximum atomic E-state index is 2.63. The molecule has 8 rings (SSSR count). The molecule has 0 radical (unpaired) electrons. The first-order valence-electron chi connectivity index (χ1n) is 23.9. The number of benzene rings is 4. The van der Waals surface area contributed by atoms with Crippen molar-refractivity contribution in [3.8, 4) is 0 Å². The van der Waals surface area contributed by atoms with E-state index in [4.69, 9.17) is 0 Å². The second-order valence-corrected chi connectivity index (χ2v) is 17.1. The molecular formula is C56H78N2. The molecule has 4 aliphatic rings. The summed E-state index contributed by atoms with van der Waals surface area (Å²) in [6.07, 6.45) is 34.6. The van der Waals surface area contributed by atoms with Crippen LogP contribution >= 0.6 is 0 Å². The molecule has 58 heavy (non-hydrogen) atoms. The van der Waals surface area contributed by atoms with Gasteiger partial charge in [-0.15, -0.1) is 0 Å². The second kappa shape index (κ2) is 26.1. The van der Waals surface area contributed by atoms with E-state index in [1.807, 2.05) is 0 Å². The third-order valence-electron chi connectivity index (χ3n) is 12.3. The highest BCUT2D eigenvalue weighted by Gasteiger charge is 2.11. The number of aryl methyl sites for hydroxylation is 4. The smallest absolute Gasteiger partial charge is 0.0366 e.